The third kappa shape index (κ3) is 2.57. The molecule has 0 bridgehead atoms. The van der Waals surface area contributed by atoms with Gasteiger partial charge < -0.3 is 4.74 Å². The number of ether oxygens (including phenoxy) is 1. The summed E-state index contributed by atoms with van der Waals surface area (Å²) in [5.41, 5.74) is -1.07. The summed E-state index contributed by atoms with van der Waals surface area (Å²) in [6.07, 6.45) is -4.50. The lowest BCUT2D eigenvalue weighted by Crippen LogP contribution is -2.10. The van der Waals surface area contributed by atoms with E-state index in [2.05, 4.69) is 26.1 Å². The van der Waals surface area contributed by atoms with Crippen LogP contribution in [0.3, 0.4) is 0 Å². The van der Waals surface area contributed by atoms with Crippen LogP contribution in [0.15, 0.2) is 10.7 Å². The molecule has 0 aliphatic rings. The van der Waals surface area contributed by atoms with E-state index in [-0.39, 0.29) is 17.0 Å². The molecule has 0 atom stereocenters. The molecule has 0 fully saturated rings. The molecule has 0 saturated heterocycles. The second kappa shape index (κ2) is 4.12. The second-order valence-corrected chi connectivity index (χ2v) is 3.07. The highest BCUT2D eigenvalue weighted by molar-refractivity contribution is 9.10. The maximum absolute atomic E-state index is 12.2. The Hall–Kier alpha value is -0.850. The first kappa shape index (κ1) is 11.2. The second-order valence-electron chi connectivity index (χ2n) is 2.32. The Bertz CT molecular complexity index is 329. The van der Waals surface area contributed by atoms with Crippen LogP contribution >= 0.6 is 15.9 Å². The molecule has 0 aromatic carbocycles. The van der Waals surface area contributed by atoms with Gasteiger partial charge in [-0.1, -0.05) is 0 Å². The SMILES string of the molecule is CCOc1cc(C(F)(F)F)nnc1Br. The van der Waals surface area contributed by atoms with Crippen LogP contribution in [0.5, 0.6) is 5.75 Å². The Kier molecular flexibility index (Phi) is 3.30. The van der Waals surface area contributed by atoms with E-state index < -0.39 is 11.9 Å². The standard InChI is InChI=1S/C7H6BrF3N2O/c1-2-14-4-3-5(7(9,10)11)12-13-6(4)8/h3H,2H2,1H3. The Labute approximate surface area is 86.4 Å². The quantitative estimate of drug-likeness (QED) is 0.829. The van der Waals surface area contributed by atoms with E-state index in [4.69, 9.17) is 4.74 Å². The van der Waals surface area contributed by atoms with Gasteiger partial charge in [0, 0.05) is 6.07 Å². The van der Waals surface area contributed by atoms with Crippen molar-refractivity contribution >= 4 is 15.9 Å². The number of rotatable bonds is 2. The summed E-state index contributed by atoms with van der Waals surface area (Å²) in [7, 11) is 0. The maximum atomic E-state index is 12.2. The summed E-state index contributed by atoms with van der Waals surface area (Å²) in [4.78, 5) is 0. The Morgan fingerprint density at radius 1 is 1.43 bits per heavy atom. The first-order valence-electron chi connectivity index (χ1n) is 3.68. The average Bonchev–Trinajstić information content (AvgIpc) is 2.07. The Balaban J connectivity index is 3.06. The molecule has 0 spiro atoms. The zero-order chi connectivity index (χ0) is 10.8. The van der Waals surface area contributed by atoms with Crippen molar-refractivity contribution in [2.24, 2.45) is 0 Å². The smallest absolute Gasteiger partial charge is 0.435 e. The highest BCUT2D eigenvalue weighted by atomic mass is 79.9. The summed E-state index contributed by atoms with van der Waals surface area (Å²) in [6.45, 7) is 1.93. The largest absolute Gasteiger partial charge is 0.491 e. The summed E-state index contributed by atoms with van der Waals surface area (Å²) in [5, 5.41) is 6.28. The zero-order valence-electron chi connectivity index (χ0n) is 7.10. The van der Waals surface area contributed by atoms with Gasteiger partial charge in [-0.2, -0.15) is 13.2 Å². The van der Waals surface area contributed by atoms with E-state index in [0.717, 1.165) is 6.07 Å². The van der Waals surface area contributed by atoms with Crippen LogP contribution in [0.4, 0.5) is 13.2 Å². The van der Waals surface area contributed by atoms with Gasteiger partial charge in [0.25, 0.3) is 0 Å². The third-order valence-electron chi connectivity index (χ3n) is 1.31. The van der Waals surface area contributed by atoms with Gasteiger partial charge in [-0.05, 0) is 22.9 Å². The number of halogens is 4. The van der Waals surface area contributed by atoms with Crippen molar-refractivity contribution in [3.05, 3.63) is 16.4 Å². The van der Waals surface area contributed by atoms with Crippen LogP contribution < -0.4 is 4.74 Å². The van der Waals surface area contributed by atoms with Crippen molar-refractivity contribution in [1.82, 2.24) is 10.2 Å². The highest BCUT2D eigenvalue weighted by Gasteiger charge is 2.34. The van der Waals surface area contributed by atoms with Gasteiger partial charge in [-0.3, -0.25) is 0 Å². The van der Waals surface area contributed by atoms with E-state index in [1.165, 1.54) is 0 Å². The molecule has 3 nitrogen and oxygen atoms in total. The fourth-order valence-corrected chi connectivity index (χ4v) is 1.06. The van der Waals surface area contributed by atoms with Crippen LogP contribution in [-0.2, 0) is 6.18 Å². The molecule has 1 aromatic rings. The van der Waals surface area contributed by atoms with Crippen molar-refractivity contribution in [3.8, 4) is 5.75 Å². The minimum atomic E-state index is -4.50. The van der Waals surface area contributed by atoms with Gasteiger partial charge >= 0.3 is 6.18 Å². The topological polar surface area (TPSA) is 35.0 Å². The monoisotopic (exact) mass is 270 g/mol. The molecule has 0 aliphatic carbocycles. The van der Waals surface area contributed by atoms with Gasteiger partial charge in [-0.15, -0.1) is 10.2 Å². The van der Waals surface area contributed by atoms with E-state index in [0.29, 0.717) is 0 Å². The van der Waals surface area contributed by atoms with Crippen molar-refractivity contribution in [3.63, 3.8) is 0 Å². The van der Waals surface area contributed by atoms with Crippen molar-refractivity contribution in [2.75, 3.05) is 6.61 Å². The van der Waals surface area contributed by atoms with Crippen LogP contribution in [0.2, 0.25) is 0 Å². The first-order valence-corrected chi connectivity index (χ1v) is 4.47. The van der Waals surface area contributed by atoms with Crippen LogP contribution in [0.25, 0.3) is 0 Å². The summed E-state index contributed by atoms with van der Waals surface area (Å²) in [6, 6.07) is 0.806. The van der Waals surface area contributed by atoms with Gasteiger partial charge in [0.05, 0.1) is 6.61 Å². The third-order valence-corrected chi connectivity index (χ3v) is 1.86. The molecule has 1 rings (SSSR count). The first-order chi connectivity index (χ1) is 6.45. The number of aromatic nitrogens is 2. The molecule has 0 aliphatic heterocycles. The number of hydrogen-bond acceptors (Lipinski definition) is 3. The van der Waals surface area contributed by atoms with Crippen molar-refractivity contribution in [1.29, 1.82) is 0 Å². The summed E-state index contributed by atoms with van der Waals surface area (Å²) >= 11 is 2.93. The number of hydrogen-bond donors (Lipinski definition) is 0. The predicted octanol–water partition coefficient (Wildman–Crippen LogP) is 2.66. The fraction of sp³-hybridized carbons (Fsp3) is 0.429. The van der Waals surface area contributed by atoms with Crippen LogP contribution in [0.1, 0.15) is 12.6 Å². The molecule has 0 saturated carbocycles. The number of alkyl halides is 3. The predicted molar refractivity (Wildman–Crippen MR) is 45.9 cm³/mol. The molecule has 0 N–H and O–H groups in total. The summed E-state index contributed by atoms with van der Waals surface area (Å²) < 4.78 is 41.6. The molecular formula is C7H6BrF3N2O. The lowest BCUT2D eigenvalue weighted by molar-refractivity contribution is -0.141. The molecule has 1 aromatic heterocycles. The van der Waals surface area contributed by atoms with Crippen molar-refractivity contribution in [2.45, 2.75) is 13.1 Å². The van der Waals surface area contributed by atoms with Gasteiger partial charge in [-0.25, -0.2) is 0 Å². The normalized spacial score (nSPS) is 11.5. The molecule has 78 valence electrons. The maximum Gasteiger partial charge on any atom is 0.435 e. The van der Waals surface area contributed by atoms with Gasteiger partial charge in [0.1, 0.15) is 0 Å². The van der Waals surface area contributed by atoms with E-state index in [9.17, 15) is 13.2 Å². The Morgan fingerprint density at radius 3 is 2.57 bits per heavy atom. The molecular weight excluding hydrogens is 265 g/mol. The zero-order valence-corrected chi connectivity index (χ0v) is 8.68. The van der Waals surface area contributed by atoms with Gasteiger partial charge in [0.15, 0.2) is 16.0 Å². The van der Waals surface area contributed by atoms with Crippen molar-refractivity contribution < 1.29 is 17.9 Å². The van der Waals surface area contributed by atoms with E-state index in [1.54, 1.807) is 6.92 Å². The van der Waals surface area contributed by atoms with Gasteiger partial charge in [0.2, 0.25) is 0 Å². The molecule has 0 amide bonds. The minimum Gasteiger partial charge on any atom is -0.491 e. The van der Waals surface area contributed by atoms with Crippen LogP contribution in [-0.4, -0.2) is 16.8 Å². The molecule has 7 heteroatoms. The summed E-state index contributed by atoms with van der Waals surface area (Å²) in [5.74, 6) is 0.0369. The lowest BCUT2D eigenvalue weighted by Gasteiger charge is -2.08. The Morgan fingerprint density at radius 2 is 2.07 bits per heavy atom. The van der Waals surface area contributed by atoms with Crippen LogP contribution in [0, 0.1) is 0 Å². The number of nitrogens with zero attached hydrogens (tertiary/aromatic N) is 2. The minimum absolute atomic E-state index is 0.0369. The average molecular weight is 271 g/mol. The van der Waals surface area contributed by atoms with E-state index in [1.807, 2.05) is 0 Å². The highest BCUT2D eigenvalue weighted by Crippen LogP contribution is 2.31. The molecule has 14 heavy (non-hydrogen) atoms. The molecule has 0 radical (unpaired) electrons. The lowest BCUT2D eigenvalue weighted by atomic mass is 10.4. The fourth-order valence-electron chi connectivity index (χ4n) is 0.755. The molecule has 0 unspecified atom stereocenters. The molecule has 1 heterocycles. The van der Waals surface area contributed by atoms with E-state index >= 15 is 0 Å².